The molecule has 210 valence electrons. The number of carbonyl (C=O) groups is 3. The average molecular weight is 588 g/mol. The van der Waals surface area contributed by atoms with Gasteiger partial charge in [-0.25, -0.2) is 9.36 Å². The number of carboxylic acid groups (broad SMARTS) is 1. The third-order valence-electron chi connectivity index (χ3n) is 6.33. The number of hydrogen-bond donors (Lipinski definition) is 5. The Labute approximate surface area is 236 Å². The van der Waals surface area contributed by atoms with Crippen molar-refractivity contribution < 1.29 is 28.9 Å². The Morgan fingerprint density at radius 1 is 1.38 bits per heavy atom. The minimum absolute atomic E-state index is 0.0373. The van der Waals surface area contributed by atoms with Gasteiger partial charge in [0.2, 0.25) is 11.5 Å². The number of rotatable bonds is 11. The molecule has 1 fully saturated rings. The summed E-state index contributed by atoms with van der Waals surface area (Å²) in [5, 5.41) is 19.3. The van der Waals surface area contributed by atoms with Crippen LogP contribution in [0.1, 0.15) is 12.2 Å². The van der Waals surface area contributed by atoms with Crippen LogP contribution in [0, 0.1) is 0 Å². The van der Waals surface area contributed by atoms with Gasteiger partial charge in [0.05, 0.1) is 0 Å². The smallest absolute Gasteiger partial charge is 0.352 e. The van der Waals surface area contributed by atoms with Crippen LogP contribution in [0.5, 0.6) is 0 Å². The summed E-state index contributed by atoms with van der Waals surface area (Å²) in [4.78, 5) is 48.3. The molecule has 0 spiro atoms. The second-order valence-corrected chi connectivity index (χ2v) is 10.7. The second kappa shape index (κ2) is 11.5. The summed E-state index contributed by atoms with van der Waals surface area (Å²) >= 11 is 2.25. The van der Waals surface area contributed by atoms with E-state index in [4.69, 9.17) is 16.3 Å². The van der Waals surface area contributed by atoms with E-state index >= 15 is 0 Å². The van der Waals surface area contributed by atoms with Crippen LogP contribution in [0.25, 0.3) is 5.65 Å². The molecule has 2 atom stereocenters. The Balaban J connectivity index is 1.35. The van der Waals surface area contributed by atoms with Gasteiger partial charge < -0.3 is 32.0 Å². The third-order valence-corrected chi connectivity index (χ3v) is 8.21. The number of imidazole rings is 1. The maximum atomic E-state index is 13.1. The van der Waals surface area contributed by atoms with Gasteiger partial charge in [-0.2, -0.15) is 13.8 Å². The fourth-order valence-electron chi connectivity index (χ4n) is 4.55. The summed E-state index contributed by atoms with van der Waals surface area (Å²) in [6, 6.07) is 4.83. The van der Waals surface area contributed by atoms with E-state index in [-0.39, 0.29) is 28.9 Å². The van der Waals surface area contributed by atoms with Gasteiger partial charge in [-0.3, -0.25) is 14.5 Å². The molecule has 0 saturated carbocycles. The van der Waals surface area contributed by atoms with E-state index in [2.05, 4.69) is 25.1 Å². The first-order valence-corrected chi connectivity index (χ1v) is 14.0. The SMILES string of the molecule is CO/N=C(\C(=O)N[C@@H]1C(=O)N2C(C(=O)O)=C(C[n+]3ccn4c(NCCCN)cccc43)CS[C@@H]12)c1nsc(N)n1. The summed E-state index contributed by atoms with van der Waals surface area (Å²) < 4.78 is 7.87. The Morgan fingerprint density at radius 2 is 2.20 bits per heavy atom. The quantitative estimate of drug-likeness (QED) is 0.0618. The van der Waals surface area contributed by atoms with Crippen molar-refractivity contribution in [1.29, 1.82) is 0 Å². The second-order valence-electron chi connectivity index (χ2n) is 8.83. The lowest BCUT2D eigenvalue weighted by molar-refractivity contribution is -0.662. The van der Waals surface area contributed by atoms with Crippen LogP contribution in [0.3, 0.4) is 0 Å². The molecule has 7 N–H and O–H groups in total. The number of fused-ring (bicyclic) bond motifs is 2. The van der Waals surface area contributed by atoms with Crippen molar-refractivity contribution in [3.05, 3.63) is 47.7 Å². The number of nitrogens with two attached hydrogens (primary N) is 2. The topological polar surface area (TPSA) is 206 Å². The molecule has 0 unspecified atom stereocenters. The molecule has 3 aromatic heterocycles. The first-order valence-electron chi connectivity index (χ1n) is 12.2. The number of hydrogen-bond acceptors (Lipinski definition) is 12. The van der Waals surface area contributed by atoms with E-state index in [0.717, 1.165) is 36.0 Å². The van der Waals surface area contributed by atoms with Gasteiger partial charge in [-0.15, -0.1) is 11.8 Å². The Morgan fingerprint density at radius 3 is 2.90 bits per heavy atom. The highest BCUT2D eigenvalue weighted by Gasteiger charge is 2.54. The molecule has 40 heavy (non-hydrogen) atoms. The van der Waals surface area contributed by atoms with Gasteiger partial charge in [0, 0.05) is 41.5 Å². The molecule has 3 aromatic rings. The van der Waals surface area contributed by atoms with Gasteiger partial charge in [-0.1, -0.05) is 5.16 Å². The Kier molecular flexibility index (Phi) is 7.85. The summed E-state index contributed by atoms with van der Waals surface area (Å²) in [7, 11) is 1.26. The monoisotopic (exact) mass is 587 g/mol. The first kappa shape index (κ1) is 27.4. The summed E-state index contributed by atoms with van der Waals surface area (Å²) in [5.74, 6) is -1.29. The molecule has 17 heteroatoms. The first-order chi connectivity index (χ1) is 19.3. The number of pyridine rings is 1. The fraction of sp³-hybridized carbons (Fsp3) is 0.348. The highest BCUT2D eigenvalue weighted by molar-refractivity contribution is 8.00. The van der Waals surface area contributed by atoms with E-state index in [1.165, 1.54) is 23.8 Å². The number of nitrogens with zero attached hydrogens (tertiary/aromatic N) is 6. The molecule has 2 aliphatic rings. The molecular weight excluding hydrogens is 560 g/mol. The van der Waals surface area contributed by atoms with E-state index in [0.29, 0.717) is 17.9 Å². The zero-order chi connectivity index (χ0) is 28.4. The van der Waals surface area contributed by atoms with Crippen LogP contribution in [-0.4, -0.2) is 84.6 Å². The maximum Gasteiger partial charge on any atom is 0.352 e. The summed E-state index contributed by atoms with van der Waals surface area (Å²) in [6.07, 6.45) is 4.58. The lowest BCUT2D eigenvalue weighted by Gasteiger charge is -2.49. The van der Waals surface area contributed by atoms with Crippen molar-refractivity contribution in [2.45, 2.75) is 24.4 Å². The summed E-state index contributed by atoms with van der Waals surface area (Å²) in [5.41, 5.74) is 12.3. The minimum atomic E-state index is -1.21. The lowest BCUT2D eigenvalue weighted by atomic mass is 10.0. The standard InChI is InChI=1S/C23H26N10O5S2/c1-38-29-15(18-28-23(25)40-30-18)19(34)27-16-20(35)33-17(22(36)37)12(11-39-21(16)33)10-31-8-9-32-13(26-7-3-6-24)4-2-5-14(31)32/h2,4-5,8-9,16,21H,3,6-7,10-11,24H2,1H3,(H4,25,27,28,30,34,36,37)/p+1/b29-15-/t16-,21+/m1/s1. The number of nitrogen functional groups attached to an aromatic ring is 1. The fourth-order valence-corrected chi connectivity index (χ4v) is 6.32. The van der Waals surface area contributed by atoms with Gasteiger partial charge in [0.1, 0.15) is 43.2 Å². The van der Waals surface area contributed by atoms with E-state index in [1.807, 2.05) is 39.6 Å². The van der Waals surface area contributed by atoms with Crippen LogP contribution in [-0.2, 0) is 25.8 Å². The van der Waals surface area contributed by atoms with Crippen molar-refractivity contribution in [3.8, 4) is 0 Å². The highest BCUT2D eigenvalue weighted by Crippen LogP contribution is 2.40. The maximum absolute atomic E-state index is 13.1. The number of carbonyl (C=O) groups excluding carboxylic acids is 2. The number of carboxylic acids is 1. The van der Waals surface area contributed by atoms with Crippen molar-refractivity contribution in [2.75, 3.05) is 37.0 Å². The number of nitrogens with one attached hydrogen (secondary N) is 2. The van der Waals surface area contributed by atoms with Crippen LogP contribution in [0.2, 0.25) is 0 Å². The number of amides is 2. The molecule has 0 aliphatic carbocycles. The summed E-state index contributed by atoms with van der Waals surface area (Å²) in [6.45, 7) is 1.58. The van der Waals surface area contributed by atoms with Crippen molar-refractivity contribution >= 4 is 63.4 Å². The minimum Gasteiger partial charge on any atom is -0.477 e. The highest BCUT2D eigenvalue weighted by atomic mass is 32.2. The van der Waals surface area contributed by atoms with E-state index < -0.39 is 29.2 Å². The predicted molar refractivity (Wildman–Crippen MR) is 147 cm³/mol. The van der Waals surface area contributed by atoms with Gasteiger partial charge in [0.25, 0.3) is 17.5 Å². The number of thioether (sulfide) groups is 1. The van der Waals surface area contributed by atoms with E-state index in [9.17, 15) is 19.5 Å². The molecule has 15 nitrogen and oxygen atoms in total. The largest absolute Gasteiger partial charge is 0.477 e. The predicted octanol–water partition coefficient (Wildman–Crippen LogP) is -0.789. The van der Waals surface area contributed by atoms with E-state index in [1.54, 1.807) is 0 Å². The van der Waals surface area contributed by atoms with Crippen LogP contribution in [0.15, 0.2) is 47.0 Å². The third kappa shape index (κ3) is 5.05. The van der Waals surface area contributed by atoms with Gasteiger partial charge in [0.15, 0.2) is 10.9 Å². The van der Waals surface area contributed by atoms with Crippen molar-refractivity contribution in [1.82, 2.24) is 24.0 Å². The van der Waals surface area contributed by atoms with Crippen molar-refractivity contribution in [2.24, 2.45) is 10.9 Å². The normalized spacial score (nSPS) is 18.9. The van der Waals surface area contributed by atoms with Crippen LogP contribution < -0.4 is 26.7 Å². The number of aromatic nitrogens is 4. The number of oxime groups is 1. The van der Waals surface area contributed by atoms with Crippen molar-refractivity contribution in [3.63, 3.8) is 0 Å². The molecule has 5 heterocycles. The number of anilines is 2. The molecule has 5 rings (SSSR count). The van der Waals surface area contributed by atoms with Gasteiger partial charge in [-0.05, 0) is 19.0 Å². The Bertz CT molecular complexity index is 1530. The van der Waals surface area contributed by atoms with Crippen LogP contribution >= 0.6 is 23.3 Å². The molecule has 1 saturated heterocycles. The van der Waals surface area contributed by atoms with Gasteiger partial charge >= 0.3 is 5.97 Å². The molecule has 0 radical (unpaired) electrons. The van der Waals surface area contributed by atoms with Crippen LogP contribution in [0.4, 0.5) is 10.9 Å². The molecule has 0 aromatic carbocycles. The zero-order valence-electron chi connectivity index (χ0n) is 21.3. The average Bonchev–Trinajstić information content (AvgIpc) is 3.56. The zero-order valence-corrected chi connectivity index (χ0v) is 22.9. The number of aliphatic carboxylic acids is 1. The molecule has 2 amide bonds. The Hall–Kier alpha value is -4.22. The lowest BCUT2D eigenvalue weighted by Crippen LogP contribution is -2.71. The molecular formula is C23H27N10O5S2+. The molecule has 0 bridgehead atoms. The number of β-lactam (4-membered cyclic amide) rings is 1. The molecule has 2 aliphatic heterocycles.